The summed E-state index contributed by atoms with van der Waals surface area (Å²) in [6.07, 6.45) is 6.46. The Kier molecular flexibility index (Phi) is 3.98. The van der Waals surface area contributed by atoms with Gasteiger partial charge in [0.25, 0.3) is 0 Å². The van der Waals surface area contributed by atoms with E-state index in [0.717, 1.165) is 25.3 Å². The predicted molar refractivity (Wildman–Crippen MR) is 96.4 cm³/mol. The minimum atomic E-state index is 0.340. The molecule has 3 heterocycles. The van der Waals surface area contributed by atoms with E-state index >= 15 is 0 Å². The molecule has 0 amide bonds. The molecule has 1 aliphatic rings. The van der Waals surface area contributed by atoms with E-state index in [1.807, 2.05) is 30.5 Å². The maximum absolute atomic E-state index is 9.96. The number of aromatic nitrogens is 2. The highest BCUT2D eigenvalue weighted by atomic mass is 16.3. The number of phenols is 1. The van der Waals surface area contributed by atoms with Crippen LogP contribution in [0.25, 0.3) is 10.9 Å². The van der Waals surface area contributed by atoms with Crippen molar-refractivity contribution in [2.24, 2.45) is 0 Å². The van der Waals surface area contributed by atoms with Crippen LogP contribution in [0.2, 0.25) is 0 Å². The highest BCUT2D eigenvalue weighted by molar-refractivity contribution is 5.86. The molecule has 2 aromatic heterocycles. The molecule has 0 atom stereocenters. The van der Waals surface area contributed by atoms with Gasteiger partial charge in [0.15, 0.2) is 0 Å². The standard InChI is InChI=1S/C20H23N3O/c1-22-10-7-15(8-11-22)19-14-23(13-16-4-2-3-9-21-16)20-6-5-17(24)12-18(19)20/h2-6,9,12,14-15,24H,7-8,10-11,13H2,1H3. The quantitative estimate of drug-likeness (QED) is 0.801. The molecule has 1 fully saturated rings. The summed E-state index contributed by atoms with van der Waals surface area (Å²) in [5.41, 5.74) is 3.59. The van der Waals surface area contributed by atoms with E-state index in [1.54, 1.807) is 6.07 Å². The van der Waals surface area contributed by atoms with E-state index in [-0.39, 0.29) is 0 Å². The Morgan fingerprint density at radius 2 is 2.00 bits per heavy atom. The largest absolute Gasteiger partial charge is 0.508 e. The third kappa shape index (κ3) is 2.89. The van der Waals surface area contributed by atoms with Gasteiger partial charge in [0.05, 0.1) is 12.2 Å². The van der Waals surface area contributed by atoms with E-state index in [9.17, 15) is 5.11 Å². The van der Waals surface area contributed by atoms with Crippen LogP contribution in [-0.2, 0) is 6.54 Å². The Morgan fingerprint density at radius 3 is 2.75 bits per heavy atom. The zero-order valence-corrected chi connectivity index (χ0v) is 14.0. The molecule has 4 heteroatoms. The van der Waals surface area contributed by atoms with Crippen LogP contribution in [0.1, 0.15) is 30.0 Å². The highest BCUT2D eigenvalue weighted by Gasteiger charge is 2.22. The summed E-state index contributed by atoms with van der Waals surface area (Å²) in [4.78, 5) is 6.84. The van der Waals surface area contributed by atoms with Gasteiger partial charge in [-0.15, -0.1) is 0 Å². The lowest BCUT2D eigenvalue weighted by Crippen LogP contribution is -2.29. The maximum Gasteiger partial charge on any atom is 0.116 e. The predicted octanol–water partition coefficient (Wildman–Crippen LogP) is 3.60. The van der Waals surface area contributed by atoms with Gasteiger partial charge in [-0.3, -0.25) is 4.98 Å². The van der Waals surface area contributed by atoms with Crippen molar-refractivity contribution >= 4 is 10.9 Å². The molecule has 4 nitrogen and oxygen atoms in total. The van der Waals surface area contributed by atoms with E-state index in [4.69, 9.17) is 0 Å². The number of phenolic OH excluding ortho intramolecular Hbond substituents is 1. The third-order valence-corrected chi connectivity index (χ3v) is 5.11. The molecule has 0 radical (unpaired) electrons. The summed E-state index contributed by atoms with van der Waals surface area (Å²) in [5, 5.41) is 11.1. The molecule has 0 saturated carbocycles. The molecule has 1 N–H and O–H groups in total. The van der Waals surface area contributed by atoms with Crippen molar-refractivity contribution in [1.82, 2.24) is 14.5 Å². The number of piperidine rings is 1. The smallest absolute Gasteiger partial charge is 0.116 e. The van der Waals surface area contributed by atoms with Crippen molar-refractivity contribution in [3.63, 3.8) is 0 Å². The first-order valence-electron chi connectivity index (χ1n) is 8.61. The van der Waals surface area contributed by atoms with Crippen LogP contribution >= 0.6 is 0 Å². The summed E-state index contributed by atoms with van der Waals surface area (Å²) < 4.78 is 2.27. The Bertz CT molecular complexity index is 833. The monoisotopic (exact) mass is 321 g/mol. The molecule has 0 spiro atoms. The van der Waals surface area contributed by atoms with Crippen LogP contribution in [0.15, 0.2) is 48.8 Å². The normalized spacial score (nSPS) is 16.7. The van der Waals surface area contributed by atoms with Crippen molar-refractivity contribution < 1.29 is 5.11 Å². The lowest BCUT2D eigenvalue weighted by atomic mass is 9.89. The number of hydrogen-bond acceptors (Lipinski definition) is 3. The Morgan fingerprint density at radius 1 is 1.17 bits per heavy atom. The molecule has 3 aromatic rings. The fraction of sp³-hybridized carbons (Fsp3) is 0.350. The van der Waals surface area contributed by atoms with Gasteiger partial charge in [0.2, 0.25) is 0 Å². The second-order valence-corrected chi connectivity index (χ2v) is 6.81. The number of fused-ring (bicyclic) bond motifs is 1. The fourth-order valence-electron chi connectivity index (χ4n) is 3.75. The third-order valence-electron chi connectivity index (χ3n) is 5.11. The lowest BCUT2D eigenvalue weighted by molar-refractivity contribution is 0.256. The van der Waals surface area contributed by atoms with Gasteiger partial charge in [-0.05, 0) is 74.8 Å². The Hall–Kier alpha value is -2.33. The van der Waals surface area contributed by atoms with Crippen LogP contribution in [0.3, 0.4) is 0 Å². The summed E-state index contributed by atoms with van der Waals surface area (Å²) in [5.74, 6) is 0.905. The minimum absolute atomic E-state index is 0.340. The van der Waals surface area contributed by atoms with Crippen molar-refractivity contribution in [2.75, 3.05) is 20.1 Å². The van der Waals surface area contributed by atoms with Gasteiger partial charge in [-0.25, -0.2) is 0 Å². The Balaban J connectivity index is 1.75. The second kappa shape index (κ2) is 6.29. The topological polar surface area (TPSA) is 41.3 Å². The number of likely N-dealkylation sites (tertiary alicyclic amines) is 1. The molecule has 24 heavy (non-hydrogen) atoms. The summed E-state index contributed by atoms with van der Waals surface area (Å²) in [6.45, 7) is 3.03. The number of benzene rings is 1. The Labute approximate surface area is 142 Å². The molecular formula is C20H23N3O. The number of rotatable bonds is 3. The molecule has 0 aliphatic carbocycles. The number of hydrogen-bond donors (Lipinski definition) is 1. The molecule has 124 valence electrons. The maximum atomic E-state index is 9.96. The number of pyridine rings is 1. The molecule has 1 aromatic carbocycles. The minimum Gasteiger partial charge on any atom is -0.508 e. The van der Waals surface area contributed by atoms with E-state index < -0.39 is 0 Å². The van der Waals surface area contributed by atoms with Gasteiger partial charge in [-0.2, -0.15) is 0 Å². The first-order chi connectivity index (χ1) is 11.7. The first kappa shape index (κ1) is 15.2. The van der Waals surface area contributed by atoms with Crippen LogP contribution in [0.5, 0.6) is 5.75 Å². The van der Waals surface area contributed by atoms with Gasteiger partial charge < -0.3 is 14.6 Å². The van der Waals surface area contributed by atoms with Crippen molar-refractivity contribution in [1.29, 1.82) is 0 Å². The SMILES string of the molecule is CN1CCC(c2cn(Cc3ccccn3)c3ccc(O)cc23)CC1. The molecular weight excluding hydrogens is 298 g/mol. The van der Waals surface area contributed by atoms with Crippen LogP contribution in [-0.4, -0.2) is 39.7 Å². The van der Waals surface area contributed by atoms with Crippen molar-refractivity contribution in [3.8, 4) is 5.75 Å². The van der Waals surface area contributed by atoms with Gasteiger partial charge in [0.1, 0.15) is 5.75 Å². The van der Waals surface area contributed by atoms with Crippen LogP contribution in [0, 0.1) is 0 Å². The summed E-state index contributed by atoms with van der Waals surface area (Å²) in [7, 11) is 2.19. The van der Waals surface area contributed by atoms with E-state index in [0.29, 0.717) is 11.7 Å². The highest BCUT2D eigenvalue weighted by Crippen LogP contribution is 2.35. The number of aromatic hydroxyl groups is 1. The summed E-state index contributed by atoms with van der Waals surface area (Å²) in [6, 6.07) is 11.7. The second-order valence-electron chi connectivity index (χ2n) is 6.81. The lowest BCUT2D eigenvalue weighted by Gasteiger charge is -2.28. The molecule has 1 saturated heterocycles. The van der Waals surface area contributed by atoms with Gasteiger partial charge >= 0.3 is 0 Å². The molecule has 0 bridgehead atoms. The average Bonchev–Trinajstić information content (AvgIpc) is 2.94. The van der Waals surface area contributed by atoms with Crippen molar-refractivity contribution in [3.05, 3.63) is 60.0 Å². The average molecular weight is 321 g/mol. The summed E-state index contributed by atoms with van der Waals surface area (Å²) >= 11 is 0. The molecule has 0 unspecified atom stereocenters. The van der Waals surface area contributed by atoms with Crippen LogP contribution in [0.4, 0.5) is 0 Å². The van der Waals surface area contributed by atoms with E-state index in [2.05, 4.69) is 33.8 Å². The zero-order valence-electron chi connectivity index (χ0n) is 14.0. The molecule has 1 aliphatic heterocycles. The van der Waals surface area contributed by atoms with Crippen molar-refractivity contribution in [2.45, 2.75) is 25.3 Å². The zero-order chi connectivity index (χ0) is 16.5. The fourth-order valence-corrected chi connectivity index (χ4v) is 3.75. The number of nitrogens with zero attached hydrogens (tertiary/aromatic N) is 3. The molecule has 4 rings (SSSR count). The van der Waals surface area contributed by atoms with E-state index in [1.165, 1.54) is 29.3 Å². The van der Waals surface area contributed by atoms with Gasteiger partial charge in [0, 0.05) is 23.3 Å². The van der Waals surface area contributed by atoms with Gasteiger partial charge in [-0.1, -0.05) is 6.07 Å². The first-order valence-corrected chi connectivity index (χ1v) is 8.61. The van der Waals surface area contributed by atoms with Crippen LogP contribution < -0.4 is 0 Å².